The lowest BCUT2D eigenvalue weighted by Gasteiger charge is -2.09. The number of carbonyl (C=O) groups is 1. The molecule has 2 rings (SSSR count). The Kier molecular flexibility index (Phi) is 4.38. The minimum Gasteiger partial charge on any atom is -0.493 e. The Hall–Kier alpha value is -1.61. The van der Waals surface area contributed by atoms with Crippen LogP contribution in [0.25, 0.3) is 0 Å². The van der Waals surface area contributed by atoms with Gasteiger partial charge in [-0.1, -0.05) is 18.6 Å². The van der Waals surface area contributed by atoms with Crippen molar-refractivity contribution < 1.29 is 9.53 Å². The molecule has 0 unspecified atom stereocenters. The minimum absolute atomic E-state index is 0.0526. The van der Waals surface area contributed by atoms with Crippen LogP contribution in [0, 0.1) is 6.92 Å². The third-order valence-corrected chi connectivity index (χ3v) is 4.14. The number of hydrogen-bond acceptors (Lipinski definition) is 3. The number of thiophene rings is 1. The van der Waals surface area contributed by atoms with Crippen molar-refractivity contribution in [2.75, 3.05) is 6.61 Å². The maximum atomic E-state index is 12.6. The summed E-state index contributed by atoms with van der Waals surface area (Å²) in [6.45, 7) is 6.57. The van der Waals surface area contributed by atoms with Crippen molar-refractivity contribution >= 4 is 17.1 Å². The van der Waals surface area contributed by atoms with Crippen molar-refractivity contribution in [3.05, 3.63) is 51.2 Å². The third-order valence-electron chi connectivity index (χ3n) is 2.91. The van der Waals surface area contributed by atoms with Crippen molar-refractivity contribution in [2.45, 2.75) is 27.2 Å². The van der Waals surface area contributed by atoms with E-state index in [0.717, 1.165) is 16.9 Å². The van der Waals surface area contributed by atoms with Gasteiger partial charge in [0.05, 0.1) is 17.0 Å². The Balaban J connectivity index is 2.39. The summed E-state index contributed by atoms with van der Waals surface area (Å²) >= 11 is 1.56. The first-order valence-electron chi connectivity index (χ1n) is 6.52. The Bertz CT molecular complexity index is 584. The van der Waals surface area contributed by atoms with Crippen LogP contribution in [0.4, 0.5) is 0 Å². The summed E-state index contributed by atoms with van der Waals surface area (Å²) in [6, 6.07) is 9.67. The van der Waals surface area contributed by atoms with E-state index in [2.05, 4.69) is 6.92 Å². The molecule has 0 N–H and O–H groups in total. The summed E-state index contributed by atoms with van der Waals surface area (Å²) < 4.78 is 5.55. The van der Waals surface area contributed by atoms with Crippen molar-refractivity contribution in [3.8, 4) is 5.75 Å². The van der Waals surface area contributed by atoms with Crippen LogP contribution < -0.4 is 4.74 Å². The molecule has 3 heteroatoms. The van der Waals surface area contributed by atoms with Crippen molar-refractivity contribution in [1.29, 1.82) is 0 Å². The highest BCUT2D eigenvalue weighted by Crippen LogP contribution is 2.26. The number of ether oxygens (including phenoxy) is 1. The fourth-order valence-electron chi connectivity index (χ4n) is 1.93. The molecule has 0 aliphatic heterocycles. The van der Waals surface area contributed by atoms with Crippen LogP contribution in [0.2, 0.25) is 0 Å². The molecule has 1 aromatic carbocycles. The molecule has 2 nitrogen and oxygen atoms in total. The highest BCUT2D eigenvalue weighted by atomic mass is 32.1. The molecule has 0 radical (unpaired) electrons. The highest BCUT2D eigenvalue weighted by Gasteiger charge is 2.16. The van der Waals surface area contributed by atoms with Gasteiger partial charge in [0.25, 0.3) is 0 Å². The number of aryl methyl sites for hydroxylation is 2. The highest BCUT2D eigenvalue weighted by molar-refractivity contribution is 7.14. The molecule has 0 atom stereocenters. The zero-order chi connectivity index (χ0) is 13.8. The molecule has 0 fully saturated rings. The molecular weight excluding hydrogens is 256 g/mol. The first-order valence-corrected chi connectivity index (χ1v) is 7.34. The molecule has 1 heterocycles. The van der Waals surface area contributed by atoms with Crippen LogP contribution in [0.5, 0.6) is 5.75 Å². The SMILES string of the molecule is CCOc1ccc(C)cc1C(=O)c1ccc(CC)s1. The second-order valence-electron chi connectivity index (χ2n) is 4.38. The van der Waals surface area contributed by atoms with Gasteiger partial charge in [-0.3, -0.25) is 4.79 Å². The molecule has 0 aliphatic carbocycles. The summed E-state index contributed by atoms with van der Waals surface area (Å²) in [5.41, 5.74) is 1.73. The number of benzene rings is 1. The standard InChI is InChI=1S/C16H18O2S/c1-4-12-7-9-15(19-12)16(17)13-10-11(3)6-8-14(13)18-5-2/h6-10H,4-5H2,1-3H3. The zero-order valence-electron chi connectivity index (χ0n) is 11.5. The Labute approximate surface area is 118 Å². The van der Waals surface area contributed by atoms with Crippen LogP contribution in [0.3, 0.4) is 0 Å². The number of rotatable bonds is 5. The van der Waals surface area contributed by atoms with Gasteiger partial charge in [0.15, 0.2) is 0 Å². The molecular formula is C16H18O2S. The molecule has 2 aromatic rings. The van der Waals surface area contributed by atoms with Gasteiger partial charge in [-0.25, -0.2) is 0 Å². The van der Waals surface area contributed by atoms with E-state index in [1.807, 2.05) is 44.2 Å². The van der Waals surface area contributed by atoms with Gasteiger partial charge >= 0.3 is 0 Å². The molecule has 0 spiro atoms. The van der Waals surface area contributed by atoms with E-state index in [1.54, 1.807) is 11.3 Å². The lowest BCUT2D eigenvalue weighted by Crippen LogP contribution is -2.04. The van der Waals surface area contributed by atoms with Crippen molar-refractivity contribution in [2.24, 2.45) is 0 Å². The number of carbonyl (C=O) groups excluding carboxylic acids is 1. The van der Waals surface area contributed by atoms with E-state index in [9.17, 15) is 4.79 Å². The van der Waals surface area contributed by atoms with E-state index >= 15 is 0 Å². The first kappa shape index (κ1) is 13.8. The normalized spacial score (nSPS) is 10.5. The lowest BCUT2D eigenvalue weighted by atomic mass is 10.1. The van der Waals surface area contributed by atoms with Gasteiger partial charge in [-0.05, 0) is 44.5 Å². The number of hydrogen-bond donors (Lipinski definition) is 0. The molecule has 100 valence electrons. The Morgan fingerprint density at radius 2 is 2.00 bits per heavy atom. The second kappa shape index (κ2) is 6.02. The van der Waals surface area contributed by atoms with Crippen LogP contribution in [-0.4, -0.2) is 12.4 Å². The monoisotopic (exact) mass is 274 g/mol. The van der Waals surface area contributed by atoms with E-state index in [0.29, 0.717) is 17.9 Å². The summed E-state index contributed by atoms with van der Waals surface area (Å²) in [5.74, 6) is 0.724. The van der Waals surface area contributed by atoms with Gasteiger partial charge in [0, 0.05) is 4.88 Å². The zero-order valence-corrected chi connectivity index (χ0v) is 12.3. The summed E-state index contributed by atoms with van der Waals surface area (Å²) in [4.78, 5) is 14.6. The van der Waals surface area contributed by atoms with E-state index in [-0.39, 0.29) is 5.78 Å². The summed E-state index contributed by atoms with van der Waals surface area (Å²) in [6.07, 6.45) is 0.962. The lowest BCUT2D eigenvalue weighted by molar-refractivity contribution is 0.103. The maximum Gasteiger partial charge on any atom is 0.206 e. The number of ketones is 1. The Morgan fingerprint density at radius 3 is 2.63 bits per heavy atom. The maximum absolute atomic E-state index is 12.6. The molecule has 0 aliphatic rings. The third kappa shape index (κ3) is 3.04. The predicted octanol–water partition coefficient (Wildman–Crippen LogP) is 4.25. The van der Waals surface area contributed by atoms with Crippen molar-refractivity contribution in [1.82, 2.24) is 0 Å². The predicted molar refractivity (Wildman–Crippen MR) is 79.5 cm³/mol. The average molecular weight is 274 g/mol. The summed E-state index contributed by atoms with van der Waals surface area (Å²) in [5, 5.41) is 0. The smallest absolute Gasteiger partial charge is 0.206 e. The van der Waals surface area contributed by atoms with E-state index < -0.39 is 0 Å². The fourth-order valence-corrected chi connectivity index (χ4v) is 2.83. The largest absolute Gasteiger partial charge is 0.493 e. The van der Waals surface area contributed by atoms with E-state index in [1.165, 1.54) is 4.88 Å². The van der Waals surface area contributed by atoms with Crippen LogP contribution in [0.15, 0.2) is 30.3 Å². The molecule has 0 amide bonds. The van der Waals surface area contributed by atoms with Gasteiger partial charge < -0.3 is 4.74 Å². The molecule has 0 bridgehead atoms. The fraction of sp³-hybridized carbons (Fsp3) is 0.312. The summed E-state index contributed by atoms with van der Waals surface area (Å²) in [7, 11) is 0. The minimum atomic E-state index is 0.0526. The average Bonchev–Trinajstić information content (AvgIpc) is 2.89. The van der Waals surface area contributed by atoms with Gasteiger partial charge in [0.1, 0.15) is 5.75 Å². The quantitative estimate of drug-likeness (QED) is 0.762. The topological polar surface area (TPSA) is 26.3 Å². The Morgan fingerprint density at radius 1 is 1.21 bits per heavy atom. The van der Waals surface area contributed by atoms with E-state index in [4.69, 9.17) is 4.74 Å². The second-order valence-corrected chi connectivity index (χ2v) is 5.55. The molecule has 19 heavy (non-hydrogen) atoms. The van der Waals surface area contributed by atoms with Crippen LogP contribution in [0.1, 0.15) is 39.5 Å². The van der Waals surface area contributed by atoms with Crippen molar-refractivity contribution in [3.63, 3.8) is 0 Å². The van der Waals surface area contributed by atoms with Crippen LogP contribution >= 0.6 is 11.3 Å². The molecule has 0 saturated carbocycles. The molecule has 0 saturated heterocycles. The van der Waals surface area contributed by atoms with Gasteiger partial charge in [0.2, 0.25) is 5.78 Å². The van der Waals surface area contributed by atoms with Crippen LogP contribution in [-0.2, 0) is 6.42 Å². The first-order chi connectivity index (χ1) is 9.15. The van der Waals surface area contributed by atoms with Gasteiger partial charge in [-0.2, -0.15) is 0 Å². The van der Waals surface area contributed by atoms with Gasteiger partial charge in [-0.15, -0.1) is 11.3 Å². The molecule has 1 aromatic heterocycles.